The molecule has 3 nitrogen and oxygen atoms in total. The molecule has 0 aromatic heterocycles. The maximum Gasteiger partial charge on any atom is 0.337 e. The molecule has 4 heteroatoms. The highest BCUT2D eigenvalue weighted by atomic mass is 35.5. The van der Waals surface area contributed by atoms with Gasteiger partial charge in [0.1, 0.15) is 12.4 Å². The number of ether oxygens (including phenoxy) is 1. The Bertz CT molecular complexity index is 860. The van der Waals surface area contributed by atoms with Gasteiger partial charge in [0.05, 0.1) is 10.6 Å². The summed E-state index contributed by atoms with van der Waals surface area (Å²) in [6, 6.07) is 22.2. The van der Waals surface area contributed by atoms with E-state index in [0.717, 1.165) is 5.56 Å². The van der Waals surface area contributed by atoms with Crippen LogP contribution in [0.1, 0.15) is 15.9 Å². The molecule has 0 heterocycles. The van der Waals surface area contributed by atoms with Gasteiger partial charge in [0.15, 0.2) is 0 Å². The molecule has 0 saturated heterocycles. The minimum absolute atomic E-state index is 0.0786. The van der Waals surface area contributed by atoms with Crippen molar-refractivity contribution in [3.63, 3.8) is 0 Å². The van der Waals surface area contributed by atoms with E-state index in [2.05, 4.69) is 0 Å². The van der Waals surface area contributed by atoms with Crippen LogP contribution in [0.2, 0.25) is 5.02 Å². The highest BCUT2D eigenvalue weighted by Gasteiger charge is 2.18. The summed E-state index contributed by atoms with van der Waals surface area (Å²) in [7, 11) is 0. The number of para-hydroxylation sites is 1. The first-order valence-electron chi connectivity index (χ1n) is 7.45. The first-order valence-corrected chi connectivity index (χ1v) is 7.82. The lowest BCUT2D eigenvalue weighted by molar-refractivity contribution is 0.0698. The summed E-state index contributed by atoms with van der Waals surface area (Å²) in [6.45, 7) is 0.404. The predicted octanol–water partition coefficient (Wildman–Crippen LogP) is 5.28. The topological polar surface area (TPSA) is 46.5 Å². The molecular formula is C20H15ClO3. The van der Waals surface area contributed by atoms with Crippen LogP contribution >= 0.6 is 11.6 Å². The van der Waals surface area contributed by atoms with Gasteiger partial charge in [-0.3, -0.25) is 0 Å². The van der Waals surface area contributed by atoms with E-state index < -0.39 is 5.97 Å². The largest absolute Gasteiger partial charge is 0.488 e. The molecule has 0 amide bonds. The Morgan fingerprint density at radius 2 is 1.54 bits per heavy atom. The first-order chi connectivity index (χ1) is 11.7. The van der Waals surface area contributed by atoms with Gasteiger partial charge in [-0.1, -0.05) is 72.3 Å². The third-order valence-corrected chi connectivity index (χ3v) is 3.96. The molecule has 0 aliphatic carbocycles. The highest BCUT2D eigenvalue weighted by Crippen LogP contribution is 2.35. The van der Waals surface area contributed by atoms with Crippen molar-refractivity contribution in [2.75, 3.05) is 0 Å². The van der Waals surface area contributed by atoms with Gasteiger partial charge >= 0.3 is 5.97 Å². The van der Waals surface area contributed by atoms with Gasteiger partial charge in [0, 0.05) is 11.1 Å². The Labute approximate surface area is 145 Å². The number of benzene rings is 3. The van der Waals surface area contributed by atoms with Crippen molar-refractivity contribution in [1.82, 2.24) is 0 Å². The fourth-order valence-electron chi connectivity index (χ4n) is 2.52. The average Bonchev–Trinajstić information content (AvgIpc) is 2.60. The van der Waals surface area contributed by atoms with E-state index in [4.69, 9.17) is 16.3 Å². The molecule has 0 spiro atoms. The van der Waals surface area contributed by atoms with Gasteiger partial charge in [-0.15, -0.1) is 0 Å². The lowest BCUT2D eigenvalue weighted by Gasteiger charge is -2.14. The number of carboxylic acid groups (broad SMARTS) is 1. The number of hydrogen-bond acceptors (Lipinski definition) is 2. The van der Waals surface area contributed by atoms with Gasteiger partial charge in [0.2, 0.25) is 0 Å². The first kappa shape index (κ1) is 16.1. The lowest BCUT2D eigenvalue weighted by atomic mass is 9.99. The van der Waals surface area contributed by atoms with E-state index in [1.807, 2.05) is 54.6 Å². The summed E-state index contributed by atoms with van der Waals surface area (Å²) < 4.78 is 5.92. The summed E-state index contributed by atoms with van der Waals surface area (Å²) in [6.07, 6.45) is 0. The van der Waals surface area contributed by atoms with Crippen LogP contribution < -0.4 is 4.74 Å². The number of rotatable bonds is 5. The molecule has 3 aromatic rings. The minimum Gasteiger partial charge on any atom is -0.488 e. The normalized spacial score (nSPS) is 10.4. The van der Waals surface area contributed by atoms with Crippen molar-refractivity contribution in [3.8, 4) is 16.9 Å². The monoisotopic (exact) mass is 338 g/mol. The molecule has 3 aromatic carbocycles. The maximum atomic E-state index is 11.6. The number of carboxylic acids is 1. The zero-order chi connectivity index (χ0) is 16.9. The van der Waals surface area contributed by atoms with Crippen LogP contribution in [0, 0.1) is 0 Å². The Morgan fingerprint density at radius 3 is 2.29 bits per heavy atom. The van der Waals surface area contributed by atoms with Crippen LogP contribution in [0.5, 0.6) is 5.75 Å². The van der Waals surface area contributed by atoms with E-state index in [1.165, 1.54) is 0 Å². The van der Waals surface area contributed by atoms with E-state index in [-0.39, 0.29) is 10.6 Å². The van der Waals surface area contributed by atoms with Crippen LogP contribution in [0.15, 0.2) is 72.8 Å². The maximum absolute atomic E-state index is 11.6. The fraction of sp³-hybridized carbons (Fsp3) is 0.0500. The zero-order valence-electron chi connectivity index (χ0n) is 12.8. The molecule has 0 bridgehead atoms. The molecule has 24 heavy (non-hydrogen) atoms. The molecule has 1 N–H and O–H groups in total. The number of carbonyl (C=O) groups is 1. The van der Waals surface area contributed by atoms with Gasteiger partial charge in [-0.05, 0) is 17.7 Å². The third kappa shape index (κ3) is 3.42. The van der Waals surface area contributed by atoms with Crippen molar-refractivity contribution < 1.29 is 14.6 Å². The number of halogens is 1. The van der Waals surface area contributed by atoms with E-state index in [9.17, 15) is 9.90 Å². The summed E-state index contributed by atoms with van der Waals surface area (Å²) in [5.41, 5.74) is 2.36. The molecule has 0 aliphatic rings. The molecule has 0 atom stereocenters. The summed E-state index contributed by atoms with van der Waals surface area (Å²) in [5.74, 6) is -0.445. The van der Waals surface area contributed by atoms with Crippen LogP contribution in [0.4, 0.5) is 0 Å². The molecule has 0 unspecified atom stereocenters. The van der Waals surface area contributed by atoms with E-state index >= 15 is 0 Å². The Kier molecular flexibility index (Phi) is 4.82. The summed E-state index contributed by atoms with van der Waals surface area (Å²) >= 11 is 6.08. The lowest BCUT2D eigenvalue weighted by Crippen LogP contribution is -2.02. The van der Waals surface area contributed by atoms with Crippen molar-refractivity contribution >= 4 is 17.6 Å². The second-order valence-corrected chi connectivity index (χ2v) is 5.65. The Hall–Kier alpha value is -2.78. The average molecular weight is 339 g/mol. The number of hydrogen-bond donors (Lipinski definition) is 1. The van der Waals surface area contributed by atoms with Crippen LogP contribution in [0.3, 0.4) is 0 Å². The second kappa shape index (κ2) is 7.20. The summed E-state index contributed by atoms with van der Waals surface area (Å²) in [4.78, 5) is 11.6. The van der Waals surface area contributed by atoms with Crippen molar-refractivity contribution in [2.24, 2.45) is 0 Å². The standard InChI is InChI=1S/C20H15ClO3/c21-17-11-6-10-16(19(17)20(22)23)15-9-4-5-12-18(15)24-13-14-7-2-1-3-8-14/h1-12H,13H2,(H,22,23). The zero-order valence-corrected chi connectivity index (χ0v) is 13.5. The van der Waals surface area contributed by atoms with Gasteiger partial charge in [-0.2, -0.15) is 0 Å². The quantitative estimate of drug-likeness (QED) is 0.688. The van der Waals surface area contributed by atoms with Gasteiger partial charge in [-0.25, -0.2) is 4.79 Å². The van der Waals surface area contributed by atoms with Crippen LogP contribution in [-0.4, -0.2) is 11.1 Å². The van der Waals surface area contributed by atoms with Gasteiger partial charge in [0.25, 0.3) is 0 Å². The molecule has 0 radical (unpaired) electrons. The summed E-state index contributed by atoms with van der Waals surface area (Å²) in [5, 5.41) is 9.69. The van der Waals surface area contributed by atoms with E-state index in [0.29, 0.717) is 23.5 Å². The molecule has 0 fully saturated rings. The Morgan fingerprint density at radius 1 is 0.875 bits per heavy atom. The predicted molar refractivity (Wildman–Crippen MR) is 94.6 cm³/mol. The fourth-order valence-corrected chi connectivity index (χ4v) is 2.77. The van der Waals surface area contributed by atoms with Gasteiger partial charge < -0.3 is 9.84 Å². The second-order valence-electron chi connectivity index (χ2n) is 5.24. The van der Waals surface area contributed by atoms with Crippen molar-refractivity contribution in [3.05, 3.63) is 88.9 Å². The molecule has 0 saturated carbocycles. The molecule has 3 rings (SSSR count). The van der Waals surface area contributed by atoms with E-state index in [1.54, 1.807) is 18.2 Å². The van der Waals surface area contributed by atoms with Crippen molar-refractivity contribution in [2.45, 2.75) is 6.61 Å². The molecule has 120 valence electrons. The Balaban J connectivity index is 1.98. The molecular weight excluding hydrogens is 324 g/mol. The van der Waals surface area contributed by atoms with Crippen LogP contribution in [-0.2, 0) is 6.61 Å². The van der Waals surface area contributed by atoms with Crippen LogP contribution in [0.25, 0.3) is 11.1 Å². The van der Waals surface area contributed by atoms with Crippen molar-refractivity contribution in [1.29, 1.82) is 0 Å². The smallest absolute Gasteiger partial charge is 0.337 e. The molecule has 0 aliphatic heterocycles. The highest BCUT2D eigenvalue weighted by molar-refractivity contribution is 6.34. The number of aromatic carboxylic acids is 1. The SMILES string of the molecule is O=C(O)c1c(Cl)cccc1-c1ccccc1OCc1ccccc1. The third-order valence-electron chi connectivity index (χ3n) is 3.64. The minimum atomic E-state index is -1.06.